The Morgan fingerprint density at radius 1 is 1.16 bits per heavy atom. The van der Waals surface area contributed by atoms with Crippen LogP contribution >= 0.6 is 0 Å². The van der Waals surface area contributed by atoms with Gasteiger partial charge in [-0.1, -0.05) is 32.4 Å². The van der Waals surface area contributed by atoms with Gasteiger partial charge in [0.15, 0.2) is 0 Å². The summed E-state index contributed by atoms with van der Waals surface area (Å²) in [5.74, 6) is 3.21. The highest BCUT2D eigenvalue weighted by molar-refractivity contribution is 5.69. The lowest BCUT2D eigenvalue weighted by atomic mass is 9.48. The van der Waals surface area contributed by atoms with Crippen molar-refractivity contribution in [3.63, 3.8) is 0 Å². The van der Waals surface area contributed by atoms with Crippen molar-refractivity contribution in [2.24, 2.45) is 40.4 Å². The fourth-order valence-corrected chi connectivity index (χ4v) is 8.45. The summed E-state index contributed by atoms with van der Waals surface area (Å²) in [6, 6.07) is 0. The molecule has 4 aliphatic carbocycles. The van der Waals surface area contributed by atoms with Gasteiger partial charge in [0, 0.05) is 13.3 Å². The van der Waals surface area contributed by atoms with Gasteiger partial charge in [0.2, 0.25) is 0 Å². The standard InChI is InChI=1S/C27H42O4/c1-17(6-11-25(29)30-5)22-9-10-23-21-8-7-19-16-20(31-18(2)28)12-14-26(19,3)24(21)13-15-27(22,23)4/h13,17,19-23H,6-12,14-16H2,1-5H3/t17-,19+,20+,21-,22-,23-,26-,27+/m0/s1. The average Bonchev–Trinajstić information content (AvgIpc) is 3.09. The van der Waals surface area contributed by atoms with Crippen molar-refractivity contribution in [3.8, 4) is 0 Å². The van der Waals surface area contributed by atoms with Gasteiger partial charge in [-0.15, -0.1) is 0 Å². The Labute approximate surface area is 188 Å². The van der Waals surface area contributed by atoms with E-state index in [9.17, 15) is 9.59 Å². The molecule has 0 radical (unpaired) electrons. The molecular formula is C27H42O4. The zero-order valence-electron chi connectivity index (χ0n) is 20.2. The van der Waals surface area contributed by atoms with E-state index in [4.69, 9.17) is 9.47 Å². The zero-order valence-corrected chi connectivity index (χ0v) is 20.2. The lowest BCUT2D eigenvalue weighted by Gasteiger charge is -2.57. The Kier molecular flexibility index (Phi) is 6.31. The summed E-state index contributed by atoms with van der Waals surface area (Å²) in [6.45, 7) is 8.95. The highest BCUT2D eigenvalue weighted by Crippen LogP contribution is 2.66. The smallest absolute Gasteiger partial charge is 0.305 e. The zero-order chi connectivity index (χ0) is 22.4. The number of methoxy groups -OCH3 is 1. The maximum atomic E-state index is 11.7. The maximum absolute atomic E-state index is 11.7. The van der Waals surface area contributed by atoms with Crippen LogP contribution in [0, 0.1) is 40.4 Å². The number of carbonyl (C=O) groups is 2. The molecule has 0 amide bonds. The molecule has 0 N–H and O–H groups in total. The van der Waals surface area contributed by atoms with E-state index in [0.29, 0.717) is 29.6 Å². The molecule has 0 unspecified atom stereocenters. The molecule has 0 spiro atoms. The van der Waals surface area contributed by atoms with E-state index in [-0.39, 0.29) is 23.5 Å². The first-order valence-corrected chi connectivity index (χ1v) is 12.6. The Bertz CT molecular complexity index is 742. The second-order valence-electron chi connectivity index (χ2n) is 11.6. The Morgan fingerprint density at radius 2 is 1.94 bits per heavy atom. The molecule has 174 valence electrons. The van der Waals surface area contributed by atoms with Gasteiger partial charge < -0.3 is 9.47 Å². The maximum Gasteiger partial charge on any atom is 0.305 e. The van der Waals surface area contributed by atoms with Gasteiger partial charge in [-0.25, -0.2) is 0 Å². The number of ether oxygens (including phenoxy) is 2. The minimum Gasteiger partial charge on any atom is -0.469 e. The van der Waals surface area contributed by atoms with Crippen LogP contribution in [0.2, 0.25) is 0 Å². The third kappa shape index (κ3) is 3.97. The van der Waals surface area contributed by atoms with E-state index in [0.717, 1.165) is 37.5 Å². The van der Waals surface area contributed by atoms with E-state index in [1.807, 2.05) is 0 Å². The molecule has 0 aliphatic heterocycles. The van der Waals surface area contributed by atoms with Gasteiger partial charge in [0.05, 0.1) is 7.11 Å². The highest BCUT2D eigenvalue weighted by atomic mass is 16.5. The van der Waals surface area contributed by atoms with Crippen LogP contribution in [0.25, 0.3) is 0 Å². The Morgan fingerprint density at radius 3 is 2.65 bits per heavy atom. The van der Waals surface area contributed by atoms with Crippen LogP contribution in [0.3, 0.4) is 0 Å². The lowest BCUT2D eigenvalue weighted by Crippen LogP contribution is -2.49. The molecule has 3 fully saturated rings. The van der Waals surface area contributed by atoms with Gasteiger partial charge >= 0.3 is 11.9 Å². The second-order valence-corrected chi connectivity index (χ2v) is 11.6. The molecule has 8 atom stereocenters. The van der Waals surface area contributed by atoms with Crippen molar-refractivity contribution in [1.82, 2.24) is 0 Å². The van der Waals surface area contributed by atoms with E-state index in [1.54, 1.807) is 5.57 Å². The van der Waals surface area contributed by atoms with Crippen LogP contribution in [-0.2, 0) is 19.1 Å². The number of hydrogen-bond acceptors (Lipinski definition) is 4. The molecule has 0 heterocycles. The molecular weight excluding hydrogens is 388 g/mol. The minimum atomic E-state index is -0.131. The van der Waals surface area contributed by atoms with Crippen molar-refractivity contribution >= 4 is 11.9 Å². The lowest BCUT2D eigenvalue weighted by molar-refractivity contribution is -0.151. The largest absolute Gasteiger partial charge is 0.469 e. The molecule has 4 aliphatic rings. The van der Waals surface area contributed by atoms with Crippen molar-refractivity contribution in [3.05, 3.63) is 11.6 Å². The highest BCUT2D eigenvalue weighted by Gasteiger charge is 2.57. The predicted octanol–water partition coefficient (Wildman–Crippen LogP) is 6.09. The molecule has 0 bridgehead atoms. The van der Waals surface area contributed by atoms with Gasteiger partial charge in [-0.2, -0.15) is 0 Å². The molecule has 3 saturated carbocycles. The van der Waals surface area contributed by atoms with E-state index in [1.165, 1.54) is 46.1 Å². The van der Waals surface area contributed by atoms with Gasteiger partial charge in [-0.3, -0.25) is 9.59 Å². The summed E-state index contributed by atoms with van der Waals surface area (Å²) in [5, 5.41) is 0. The van der Waals surface area contributed by atoms with Crippen molar-refractivity contribution < 1.29 is 19.1 Å². The fraction of sp³-hybridized carbons (Fsp3) is 0.852. The molecule has 31 heavy (non-hydrogen) atoms. The monoisotopic (exact) mass is 430 g/mol. The van der Waals surface area contributed by atoms with Crippen LogP contribution in [0.15, 0.2) is 11.6 Å². The first kappa shape index (κ1) is 22.9. The second kappa shape index (κ2) is 8.56. The Balaban J connectivity index is 1.50. The molecule has 4 nitrogen and oxygen atoms in total. The first-order chi connectivity index (χ1) is 14.7. The summed E-state index contributed by atoms with van der Waals surface area (Å²) < 4.78 is 10.5. The number of allylic oxidation sites excluding steroid dienone is 2. The fourth-order valence-electron chi connectivity index (χ4n) is 8.45. The van der Waals surface area contributed by atoms with Crippen LogP contribution in [0.5, 0.6) is 0 Å². The number of esters is 2. The SMILES string of the molecule is COC(=O)CC[C@H](C)[C@@H]1CC[C@H]2[C@@H]3CC[C@@H]4C[C@H](OC(C)=O)CC[C@]4(C)C3=CC[C@@]21C. The third-order valence-corrected chi connectivity index (χ3v) is 10.1. The van der Waals surface area contributed by atoms with E-state index in [2.05, 4.69) is 26.8 Å². The van der Waals surface area contributed by atoms with Gasteiger partial charge in [0.1, 0.15) is 6.10 Å². The summed E-state index contributed by atoms with van der Waals surface area (Å²) in [7, 11) is 1.49. The predicted molar refractivity (Wildman–Crippen MR) is 121 cm³/mol. The molecule has 4 heteroatoms. The molecule has 0 aromatic rings. The number of carbonyl (C=O) groups excluding carboxylic acids is 2. The van der Waals surface area contributed by atoms with Crippen molar-refractivity contribution in [2.45, 2.75) is 98.0 Å². The molecule has 0 aromatic heterocycles. The summed E-state index contributed by atoms with van der Waals surface area (Å²) >= 11 is 0. The van der Waals surface area contributed by atoms with E-state index >= 15 is 0 Å². The summed E-state index contributed by atoms with van der Waals surface area (Å²) in [4.78, 5) is 23.1. The molecule has 0 aromatic carbocycles. The first-order valence-electron chi connectivity index (χ1n) is 12.6. The van der Waals surface area contributed by atoms with Crippen molar-refractivity contribution in [1.29, 1.82) is 0 Å². The summed E-state index contributed by atoms with van der Waals surface area (Å²) in [5.41, 5.74) is 2.40. The Hall–Kier alpha value is -1.32. The van der Waals surface area contributed by atoms with Crippen molar-refractivity contribution in [2.75, 3.05) is 7.11 Å². The van der Waals surface area contributed by atoms with Crippen LogP contribution < -0.4 is 0 Å². The van der Waals surface area contributed by atoms with Crippen LogP contribution in [-0.4, -0.2) is 25.2 Å². The van der Waals surface area contributed by atoms with Gasteiger partial charge in [0.25, 0.3) is 0 Å². The quantitative estimate of drug-likeness (QED) is 0.391. The number of hydrogen-bond donors (Lipinski definition) is 0. The molecule has 4 rings (SSSR count). The van der Waals surface area contributed by atoms with E-state index < -0.39 is 0 Å². The minimum absolute atomic E-state index is 0.0759. The topological polar surface area (TPSA) is 52.6 Å². The normalized spacial score (nSPS) is 42.5. The third-order valence-electron chi connectivity index (χ3n) is 10.1. The number of fused-ring (bicyclic) bond motifs is 5. The average molecular weight is 431 g/mol. The van der Waals surface area contributed by atoms with Crippen LogP contribution in [0.1, 0.15) is 91.9 Å². The summed E-state index contributed by atoms with van der Waals surface area (Å²) in [6.07, 6.45) is 13.8. The number of rotatable bonds is 5. The van der Waals surface area contributed by atoms with Gasteiger partial charge in [-0.05, 0) is 98.2 Å². The molecule has 0 saturated heterocycles. The van der Waals surface area contributed by atoms with Crippen LogP contribution in [0.4, 0.5) is 0 Å².